The first-order valence-corrected chi connectivity index (χ1v) is 13.2. The van der Waals surface area contributed by atoms with Gasteiger partial charge in [0, 0.05) is 41.3 Å². The number of ether oxygens (including phenoxy) is 1. The van der Waals surface area contributed by atoms with Crippen LogP contribution in [0.25, 0.3) is 0 Å². The number of nitrogens with zero attached hydrogens (tertiary/aromatic N) is 2. The van der Waals surface area contributed by atoms with Gasteiger partial charge in [0.15, 0.2) is 5.75 Å². The molecule has 0 radical (unpaired) electrons. The average Bonchev–Trinajstić information content (AvgIpc) is 3.07. The zero-order valence-corrected chi connectivity index (χ0v) is 18.9. The van der Waals surface area contributed by atoms with E-state index in [2.05, 4.69) is 29.5 Å². The molecule has 2 atom stereocenters. The summed E-state index contributed by atoms with van der Waals surface area (Å²) in [6.45, 7) is 7.40. The molecule has 0 unspecified atom stereocenters. The number of thiophene rings is 1. The summed E-state index contributed by atoms with van der Waals surface area (Å²) in [5.41, 5.74) is 1.34. The minimum atomic E-state index is -3.45. The summed E-state index contributed by atoms with van der Waals surface area (Å²) >= 11 is 1.97. The summed E-state index contributed by atoms with van der Waals surface area (Å²) in [6, 6.07) is 4.55. The monoisotopic (exact) mass is 437 g/mol. The van der Waals surface area contributed by atoms with Crippen molar-refractivity contribution in [3.05, 3.63) is 21.4 Å². The van der Waals surface area contributed by atoms with Crippen molar-refractivity contribution in [1.82, 2.24) is 9.62 Å². The molecular formula is C21H31N3O3S2. The van der Waals surface area contributed by atoms with Gasteiger partial charge in [0.2, 0.25) is 10.0 Å². The van der Waals surface area contributed by atoms with Crippen molar-refractivity contribution >= 4 is 21.4 Å². The number of nitrogens with one attached hydrogen (secondary N) is 1. The van der Waals surface area contributed by atoms with E-state index in [4.69, 9.17) is 10.00 Å². The molecule has 1 N–H and O–H groups in total. The van der Waals surface area contributed by atoms with Crippen LogP contribution in [0.1, 0.15) is 54.8 Å². The van der Waals surface area contributed by atoms with E-state index in [1.807, 2.05) is 11.3 Å². The largest absolute Gasteiger partial charge is 0.370 e. The molecule has 2 aliphatic heterocycles. The van der Waals surface area contributed by atoms with Gasteiger partial charge in [-0.25, -0.2) is 13.1 Å². The first-order valence-electron chi connectivity index (χ1n) is 10.7. The molecule has 4 rings (SSSR count). The highest BCUT2D eigenvalue weighted by molar-refractivity contribution is 7.89. The number of rotatable bonds is 6. The molecule has 1 aromatic rings. The molecule has 1 aromatic heterocycles. The van der Waals surface area contributed by atoms with E-state index in [9.17, 15) is 8.42 Å². The third kappa shape index (κ3) is 4.40. The summed E-state index contributed by atoms with van der Waals surface area (Å²) in [5.74, 6) is 0.0703. The van der Waals surface area contributed by atoms with Gasteiger partial charge in [0.25, 0.3) is 0 Å². The highest BCUT2D eigenvalue weighted by Crippen LogP contribution is 2.46. The zero-order valence-electron chi connectivity index (χ0n) is 17.3. The summed E-state index contributed by atoms with van der Waals surface area (Å²) < 4.78 is 32.5. The van der Waals surface area contributed by atoms with Crippen molar-refractivity contribution < 1.29 is 13.2 Å². The lowest BCUT2D eigenvalue weighted by molar-refractivity contribution is -0.114. The van der Waals surface area contributed by atoms with Crippen LogP contribution in [0.5, 0.6) is 0 Å². The highest BCUT2D eigenvalue weighted by atomic mass is 32.2. The average molecular weight is 438 g/mol. The lowest BCUT2D eigenvalue weighted by atomic mass is 9.77. The van der Waals surface area contributed by atoms with Crippen molar-refractivity contribution in [2.45, 2.75) is 70.1 Å². The van der Waals surface area contributed by atoms with Crippen LogP contribution in [0.2, 0.25) is 0 Å². The van der Waals surface area contributed by atoms with E-state index in [0.29, 0.717) is 12.0 Å². The van der Waals surface area contributed by atoms with Gasteiger partial charge in [-0.1, -0.05) is 6.92 Å². The predicted molar refractivity (Wildman–Crippen MR) is 114 cm³/mol. The van der Waals surface area contributed by atoms with Gasteiger partial charge in [0.1, 0.15) is 0 Å². The SMILES string of the molecule is CCc1cc2c(s1)CCO[C@@]21CCN(C[C@H]2C[C@@H](NS(=O)(=O)CC#N)C2)[C@@H](C)C1. The number of aryl methyl sites for hydroxylation is 1. The van der Waals surface area contributed by atoms with Crippen molar-refractivity contribution in [2.75, 3.05) is 25.4 Å². The Balaban J connectivity index is 1.32. The minimum Gasteiger partial charge on any atom is -0.370 e. The molecule has 0 amide bonds. The van der Waals surface area contributed by atoms with Gasteiger partial charge < -0.3 is 9.64 Å². The van der Waals surface area contributed by atoms with Gasteiger partial charge in [-0.3, -0.25) is 0 Å². The molecule has 1 spiro atoms. The molecule has 1 aliphatic carbocycles. The summed E-state index contributed by atoms with van der Waals surface area (Å²) in [5, 5.41) is 8.60. The second-order valence-electron chi connectivity index (χ2n) is 8.86. The summed E-state index contributed by atoms with van der Waals surface area (Å²) in [7, 11) is -3.45. The topological polar surface area (TPSA) is 82.4 Å². The second kappa shape index (κ2) is 8.27. The molecular weight excluding hydrogens is 406 g/mol. The van der Waals surface area contributed by atoms with E-state index in [1.54, 1.807) is 6.07 Å². The van der Waals surface area contributed by atoms with E-state index in [-0.39, 0.29) is 11.6 Å². The molecule has 2 fully saturated rings. The number of piperidine rings is 1. The van der Waals surface area contributed by atoms with E-state index >= 15 is 0 Å². The van der Waals surface area contributed by atoms with Gasteiger partial charge in [-0.2, -0.15) is 5.26 Å². The minimum absolute atomic E-state index is 0.00713. The van der Waals surface area contributed by atoms with Crippen LogP contribution in [0, 0.1) is 17.2 Å². The Morgan fingerprint density at radius 1 is 1.45 bits per heavy atom. The smallest absolute Gasteiger partial charge is 0.225 e. The van der Waals surface area contributed by atoms with Gasteiger partial charge in [-0.15, -0.1) is 11.3 Å². The van der Waals surface area contributed by atoms with Gasteiger partial charge in [-0.05, 0) is 56.6 Å². The Morgan fingerprint density at radius 2 is 2.24 bits per heavy atom. The first kappa shape index (κ1) is 21.3. The fourth-order valence-corrected chi connectivity index (χ4v) is 7.37. The van der Waals surface area contributed by atoms with Crippen LogP contribution < -0.4 is 4.72 Å². The maximum Gasteiger partial charge on any atom is 0.225 e. The lowest BCUT2D eigenvalue weighted by Gasteiger charge is -2.49. The third-order valence-electron chi connectivity index (χ3n) is 6.79. The molecule has 3 heterocycles. The number of hydrogen-bond donors (Lipinski definition) is 1. The van der Waals surface area contributed by atoms with E-state index in [0.717, 1.165) is 58.2 Å². The molecule has 160 valence electrons. The van der Waals surface area contributed by atoms with Crippen LogP contribution in [0.3, 0.4) is 0 Å². The number of likely N-dealkylation sites (tertiary alicyclic amines) is 1. The van der Waals surface area contributed by atoms with Crippen LogP contribution in [-0.4, -0.2) is 50.9 Å². The number of fused-ring (bicyclic) bond motifs is 2. The Kier molecular flexibility index (Phi) is 6.07. The molecule has 3 aliphatic rings. The molecule has 8 heteroatoms. The predicted octanol–water partition coefficient (Wildman–Crippen LogP) is 2.78. The number of hydrogen-bond acceptors (Lipinski definition) is 6. The lowest BCUT2D eigenvalue weighted by Crippen LogP contribution is -2.54. The van der Waals surface area contributed by atoms with Gasteiger partial charge >= 0.3 is 0 Å². The van der Waals surface area contributed by atoms with Crippen molar-refractivity contribution in [1.29, 1.82) is 5.26 Å². The summed E-state index contributed by atoms with van der Waals surface area (Å²) in [4.78, 5) is 5.55. The standard InChI is InChI=1S/C21H31N3O3S2/c1-3-18-12-19-20(28-18)4-8-27-21(19)5-7-24(15(2)13-21)14-16-10-17(11-16)23-29(25,26)9-6-22/h12,15-17,23H,3-5,7-11,13-14H2,1-2H3/t15-,16-,17+,21+/m0/s1. The second-order valence-corrected chi connectivity index (χ2v) is 11.8. The number of sulfonamides is 1. The Labute approximate surface area is 178 Å². The fraction of sp³-hybridized carbons (Fsp3) is 0.762. The van der Waals surface area contributed by atoms with E-state index < -0.39 is 15.8 Å². The normalized spacial score (nSPS) is 32.5. The van der Waals surface area contributed by atoms with E-state index in [1.165, 1.54) is 15.3 Å². The van der Waals surface area contributed by atoms with Crippen LogP contribution in [-0.2, 0) is 33.2 Å². The van der Waals surface area contributed by atoms with Crippen molar-refractivity contribution in [2.24, 2.45) is 5.92 Å². The summed E-state index contributed by atoms with van der Waals surface area (Å²) in [6.07, 6.45) is 5.94. The third-order valence-corrected chi connectivity index (χ3v) is 9.33. The Morgan fingerprint density at radius 3 is 2.93 bits per heavy atom. The molecule has 29 heavy (non-hydrogen) atoms. The molecule has 1 saturated carbocycles. The van der Waals surface area contributed by atoms with Crippen molar-refractivity contribution in [3.63, 3.8) is 0 Å². The zero-order chi connectivity index (χ0) is 20.6. The molecule has 1 saturated heterocycles. The quantitative estimate of drug-likeness (QED) is 0.740. The first-order chi connectivity index (χ1) is 13.8. The van der Waals surface area contributed by atoms with Gasteiger partial charge in [0.05, 0.1) is 18.3 Å². The molecule has 0 bridgehead atoms. The molecule has 0 aromatic carbocycles. The maximum atomic E-state index is 11.7. The molecule has 6 nitrogen and oxygen atoms in total. The van der Waals surface area contributed by atoms with Crippen LogP contribution in [0.4, 0.5) is 0 Å². The van der Waals surface area contributed by atoms with Crippen LogP contribution >= 0.6 is 11.3 Å². The van der Waals surface area contributed by atoms with Crippen molar-refractivity contribution in [3.8, 4) is 6.07 Å². The van der Waals surface area contributed by atoms with Crippen LogP contribution in [0.15, 0.2) is 6.07 Å². The Bertz CT molecular complexity index is 885. The number of nitriles is 1. The maximum absolute atomic E-state index is 11.7. The highest BCUT2D eigenvalue weighted by Gasteiger charge is 2.45. The fourth-order valence-electron chi connectivity index (χ4n) is 5.24. The Hall–Kier alpha value is -0.980.